The van der Waals surface area contributed by atoms with E-state index in [1.54, 1.807) is 6.92 Å². The van der Waals surface area contributed by atoms with Crippen molar-refractivity contribution in [3.8, 4) is 0 Å². The van der Waals surface area contributed by atoms with Crippen LogP contribution < -0.4 is 0 Å². The largest absolute Gasteiger partial charge is 0.395 e. The van der Waals surface area contributed by atoms with Gasteiger partial charge in [0.05, 0.1) is 19.8 Å². The van der Waals surface area contributed by atoms with Crippen molar-refractivity contribution in [1.82, 2.24) is 9.80 Å². The topological polar surface area (TPSA) is 53.0 Å². The average molecular weight is 244 g/mol. The van der Waals surface area contributed by atoms with Crippen LogP contribution >= 0.6 is 0 Å². The van der Waals surface area contributed by atoms with Gasteiger partial charge >= 0.3 is 0 Å². The summed E-state index contributed by atoms with van der Waals surface area (Å²) in [5, 5.41) is 8.98. The standard InChI is InChI=1S/C12H24N2O3/c1-12(16)2-3-13(6-9-15)4-5-14-7-10-17-11-8-14/h15H,2-11H2,1H3. The first-order valence-corrected chi connectivity index (χ1v) is 6.35. The highest BCUT2D eigenvalue weighted by Crippen LogP contribution is 1.99. The quantitative estimate of drug-likeness (QED) is 0.629. The van der Waals surface area contributed by atoms with E-state index < -0.39 is 0 Å². The predicted molar refractivity (Wildman–Crippen MR) is 66.1 cm³/mol. The second kappa shape index (κ2) is 8.58. The Balaban J connectivity index is 2.19. The van der Waals surface area contributed by atoms with E-state index in [2.05, 4.69) is 9.80 Å². The van der Waals surface area contributed by atoms with Gasteiger partial charge < -0.3 is 9.84 Å². The fraction of sp³-hybridized carbons (Fsp3) is 0.917. The Bertz CT molecular complexity index is 218. The van der Waals surface area contributed by atoms with Gasteiger partial charge in [0, 0.05) is 45.7 Å². The van der Waals surface area contributed by atoms with E-state index >= 15 is 0 Å². The SMILES string of the molecule is CC(=O)CCN(CCO)CCN1CCOCC1. The van der Waals surface area contributed by atoms with E-state index in [9.17, 15) is 4.79 Å². The molecule has 5 heteroatoms. The molecule has 1 rings (SSSR count). The normalized spacial score (nSPS) is 17.6. The van der Waals surface area contributed by atoms with Gasteiger partial charge in [0.2, 0.25) is 0 Å². The van der Waals surface area contributed by atoms with Crippen molar-refractivity contribution in [2.75, 3.05) is 59.1 Å². The minimum Gasteiger partial charge on any atom is -0.395 e. The van der Waals surface area contributed by atoms with Crippen LogP contribution in [-0.2, 0) is 9.53 Å². The molecule has 0 spiro atoms. The molecule has 1 saturated heterocycles. The fourth-order valence-corrected chi connectivity index (χ4v) is 1.90. The molecular weight excluding hydrogens is 220 g/mol. The Hall–Kier alpha value is -0.490. The van der Waals surface area contributed by atoms with Crippen LogP contribution in [0.25, 0.3) is 0 Å². The maximum Gasteiger partial charge on any atom is 0.131 e. The van der Waals surface area contributed by atoms with Gasteiger partial charge in [-0.05, 0) is 6.92 Å². The minimum absolute atomic E-state index is 0.154. The summed E-state index contributed by atoms with van der Waals surface area (Å²) in [6.07, 6.45) is 0.573. The van der Waals surface area contributed by atoms with Gasteiger partial charge in [0.25, 0.3) is 0 Å². The van der Waals surface area contributed by atoms with Crippen LogP contribution in [-0.4, -0.2) is 79.8 Å². The first kappa shape index (κ1) is 14.6. The number of aliphatic hydroxyl groups is 1. The van der Waals surface area contributed by atoms with Gasteiger partial charge in [0.1, 0.15) is 5.78 Å². The van der Waals surface area contributed by atoms with Crippen LogP contribution in [0.2, 0.25) is 0 Å². The Morgan fingerprint density at radius 1 is 1.29 bits per heavy atom. The number of carbonyl (C=O) groups is 1. The summed E-state index contributed by atoms with van der Waals surface area (Å²) in [6.45, 7) is 8.66. The molecule has 0 amide bonds. The van der Waals surface area contributed by atoms with Gasteiger partial charge in [-0.15, -0.1) is 0 Å². The Morgan fingerprint density at radius 2 is 2.00 bits per heavy atom. The zero-order valence-corrected chi connectivity index (χ0v) is 10.7. The van der Waals surface area contributed by atoms with E-state index in [0.29, 0.717) is 13.0 Å². The molecule has 100 valence electrons. The smallest absolute Gasteiger partial charge is 0.131 e. The number of ketones is 1. The number of hydrogen-bond donors (Lipinski definition) is 1. The van der Waals surface area contributed by atoms with Crippen molar-refractivity contribution < 1.29 is 14.6 Å². The molecule has 0 unspecified atom stereocenters. The summed E-state index contributed by atoms with van der Waals surface area (Å²) in [6, 6.07) is 0. The molecule has 1 heterocycles. The molecule has 1 N–H and O–H groups in total. The van der Waals surface area contributed by atoms with Crippen LogP contribution in [0.5, 0.6) is 0 Å². The third kappa shape index (κ3) is 6.73. The molecule has 17 heavy (non-hydrogen) atoms. The lowest BCUT2D eigenvalue weighted by Gasteiger charge is -2.29. The zero-order chi connectivity index (χ0) is 12.5. The van der Waals surface area contributed by atoms with Crippen molar-refractivity contribution in [3.05, 3.63) is 0 Å². The molecule has 0 aromatic heterocycles. The van der Waals surface area contributed by atoms with Gasteiger partial charge in [-0.2, -0.15) is 0 Å². The first-order valence-electron chi connectivity index (χ1n) is 6.35. The lowest BCUT2D eigenvalue weighted by atomic mass is 10.3. The molecule has 1 aliphatic heterocycles. The monoisotopic (exact) mass is 244 g/mol. The second-order valence-corrected chi connectivity index (χ2v) is 4.47. The van der Waals surface area contributed by atoms with Crippen LogP contribution in [0.3, 0.4) is 0 Å². The molecule has 0 bridgehead atoms. The van der Waals surface area contributed by atoms with Crippen molar-refractivity contribution in [3.63, 3.8) is 0 Å². The van der Waals surface area contributed by atoms with Crippen molar-refractivity contribution in [2.24, 2.45) is 0 Å². The highest BCUT2D eigenvalue weighted by molar-refractivity contribution is 5.75. The number of Topliss-reactive ketones (excluding diaryl/α,β-unsaturated/α-hetero) is 1. The number of aliphatic hydroxyl groups excluding tert-OH is 1. The molecule has 0 atom stereocenters. The summed E-state index contributed by atoms with van der Waals surface area (Å²) in [7, 11) is 0. The molecule has 0 aliphatic carbocycles. The van der Waals surface area contributed by atoms with Crippen LogP contribution in [0.1, 0.15) is 13.3 Å². The fourth-order valence-electron chi connectivity index (χ4n) is 1.90. The maximum absolute atomic E-state index is 10.9. The van der Waals surface area contributed by atoms with Crippen molar-refractivity contribution >= 4 is 5.78 Å². The molecule has 1 fully saturated rings. The number of ether oxygens (including phenoxy) is 1. The number of rotatable bonds is 8. The van der Waals surface area contributed by atoms with Crippen molar-refractivity contribution in [2.45, 2.75) is 13.3 Å². The third-order valence-corrected chi connectivity index (χ3v) is 3.03. The number of morpholine rings is 1. The molecule has 1 aliphatic rings. The van der Waals surface area contributed by atoms with Gasteiger partial charge in [-0.1, -0.05) is 0 Å². The van der Waals surface area contributed by atoms with Gasteiger partial charge in [0.15, 0.2) is 0 Å². The highest BCUT2D eigenvalue weighted by Gasteiger charge is 2.12. The van der Waals surface area contributed by atoms with Gasteiger partial charge in [-0.25, -0.2) is 0 Å². The first-order chi connectivity index (χ1) is 8.22. The maximum atomic E-state index is 10.9. The average Bonchev–Trinajstić information content (AvgIpc) is 2.34. The Kier molecular flexibility index (Phi) is 7.35. The van der Waals surface area contributed by atoms with E-state index in [1.807, 2.05) is 0 Å². The van der Waals surface area contributed by atoms with Crippen LogP contribution in [0.15, 0.2) is 0 Å². The van der Waals surface area contributed by atoms with E-state index in [4.69, 9.17) is 9.84 Å². The van der Waals surface area contributed by atoms with E-state index in [-0.39, 0.29) is 12.4 Å². The van der Waals surface area contributed by atoms with Crippen molar-refractivity contribution in [1.29, 1.82) is 0 Å². The second-order valence-electron chi connectivity index (χ2n) is 4.47. The molecule has 0 aromatic carbocycles. The molecule has 0 aromatic rings. The predicted octanol–water partition coefficient (Wildman–Crippen LogP) is -0.408. The van der Waals surface area contributed by atoms with Crippen LogP contribution in [0.4, 0.5) is 0 Å². The number of nitrogens with zero attached hydrogens (tertiary/aromatic N) is 2. The third-order valence-electron chi connectivity index (χ3n) is 3.03. The lowest BCUT2D eigenvalue weighted by Crippen LogP contribution is -2.42. The number of carbonyl (C=O) groups excluding carboxylic acids is 1. The summed E-state index contributed by atoms with van der Waals surface area (Å²) in [4.78, 5) is 15.5. The summed E-state index contributed by atoms with van der Waals surface area (Å²) in [5.41, 5.74) is 0. The summed E-state index contributed by atoms with van der Waals surface area (Å²) in [5.74, 6) is 0.208. The number of hydrogen-bond acceptors (Lipinski definition) is 5. The van der Waals surface area contributed by atoms with Gasteiger partial charge in [-0.3, -0.25) is 14.6 Å². The summed E-state index contributed by atoms with van der Waals surface area (Å²) >= 11 is 0. The summed E-state index contributed by atoms with van der Waals surface area (Å²) < 4.78 is 5.29. The molecule has 5 nitrogen and oxygen atoms in total. The Morgan fingerprint density at radius 3 is 2.59 bits per heavy atom. The minimum atomic E-state index is 0.154. The highest BCUT2D eigenvalue weighted by atomic mass is 16.5. The van der Waals surface area contributed by atoms with Crippen LogP contribution in [0, 0.1) is 0 Å². The van der Waals surface area contributed by atoms with E-state index in [1.165, 1.54) is 0 Å². The zero-order valence-electron chi connectivity index (χ0n) is 10.7. The van der Waals surface area contributed by atoms with E-state index in [0.717, 1.165) is 45.9 Å². The molecular formula is C12H24N2O3. The Labute approximate surface area is 103 Å². The molecule has 0 saturated carbocycles. The lowest BCUT2D eigenvalue weighted by molar-refractivity contribution is -0.117. The molecule has 0 radical (unpaired) electrons.